The minimum absolute atomic E-state index is 0.119. The predicted molar refractivity (Wildman–Crippen MR) is 172 cm³/mol. The highest BCUT2D eigenvalue weighted by Crippen LogP contribution is 2.17. The summed E-state index contributed by atoms with van der Waals surface area (Å²) in [5.74, 6) is -1.53. The number of rotatable bonds is 14. The topological polar surface area (TPSA) is 149 Å². The maximum atomic E-state index is 13.6. The summed E-state index contributed by atoms with van der Waals surface area (Å²) in [6, 6.07) is 23.1. The fourth-order valence-electron chi connectivity index (χ4n) is 4.48. The molecule has 3 aromatic rings. The first kappa shape index (κ1) is 34.6. The number of hydrogen-bond donors (Lipinski definition) is 4. The molecule has 0 aliphatic heterocycles. The van der Waals surface area contributed by atoms with Crippen LogP contribution in [0.25, 0.3) is 0 Å². The standard InChI is InChI=1S/C35H44N4O6/c1-23(2)30(33(42)37-28(31(36)40)20-24-12-8-6-9-13-24)39-32(41)29(38-34(43)45-35(3,4)5)21-25-16-18-27(19-17-25)44-22-26-14-10-7-11-15-26/h6-19,23,28-30H,20-22H2,1-5H3,(H2,36,40)(H,37,42)(H,38,43)(H,39,41)/t28-,29+,30+/m0/s1. The average Bonchev–Trinajstić information content (AvgIpc) is 2.98. The van der Waals surface area contributed by atoms with Gasteiger partial charge in [0.2, 0.25) is 17.7 Å². The number of alkyl carbamates (subject to hydrolysis) is 1. The van der Waals surface area contributed by atoms with Crippen LogP contribution in [0, 0.1) is 5.92 Å². The number of hydrogen-bond acceptors (Lipinski definition) is 6. The summed E-state index contributed by atoms with van der Waals surface area (Å²) < 4.78 is 11.3. The van der Waals surface area contributed by atoms with Crippen LogP contribution in [-0.2, 0) is 38.6 Å². The van der Waals surface area contributed by atoms with Crippen LogP contribution in [0.3, 0.4) is 0 Å². The van der Waals surface area contributed by atoms with Gasteiger partial charge in [-0.2, -0.15) is 0 Å². The highest BCUT2D eigenvalue weighted by atomic mass is 16.6. The van der Waals surface area contributed by atoms with Gasteiger partial charge in [-0.05, 0) is 55.5 Å². The molecule has 0 aromatic heterocycles. The van der Waals surface area contributed by atoms with E-state index >= 15 is 0 Å². The number of amides is 4. The van der Waals surface area contributed by atoms with Crippen LogP contribution in [0.5, 0.6) is 5.75 Å². The van der Waals surface area contributed by atoms with Crippen LogP contribution in [0.15, 0.2) is 84.9 Å². The Morgan fingerprint density at radius 2 is 1.22 bits per heavy atom. The average molecular weight is 617 g/mol. The predicted octanol–water partition coefficient (Wildman–Crippen LogP) is 4.06. The van der Waals surface area contributed by atoms with E-state index in [1.54, 1.807) is 46.8 Å². The van der Waals surface area contributed by atoms with Gasteiger partial charge in [0.25, 0.3) is 0 Å². The van der Waals surface area contributed by atoms with Crippen LogP contribution in [0.1, 0.15) is 51.3 Å². The molecule has 5 N–H and O–H groups in total. The Morgan fingerprint density at radius 3 is 1.76 bits per heavy atom. The van der Waals surface area contributed by atoms with Crippen molar-refractivity contribution in [3.8, 4) is 5.75 Å². The molecule has 0 saturated heterocycles. The second-order valence-electron chi connectivity index (χ2n) is 12.2. The molecule has 0 aliphatic rings. The number of nitrogens with two attached hydrogens (primary N) is 1. The van der Waals surface area contributed by atoms with Gasteiger partial charge in [-0.15, -0.1) is 0 Å². The highest BCUT2D eigenvalue weighted by molar-refractivity contribution is 5.94. The molecular weight excluding hydrogens is 572 g/mol. The van der Waals surface area contributed by atoms with Gasteiger partial charge in [0.05, 0.1) is 0 Å². The van der Waals surface area contributed by atoms with Gasteiger partial charge in [0, 0.05) is 12.8 Å². The van der Waals surface area contributed by atoms with Crippen molar-refractivity contribution in [1.29, 1.82) is 0 Å². The lowest BCUT2D eigenvalue weighted by Gasteiger charge is -2.27. The van der Waals surface area contributed by atoms with E-state index in [9.17, 15) is 19.2 Å². The molecular formula is C35H44N4O6. The van der Waals surface area contributed by atoms with Crippen LogP contribution >= 0.6 is 0 Å². The third-order valence-electron chi connectivity index (χ3n) is 6.81. The molecule has 0 heterocycles. The quantitative estimate of drug-likeness (QED) is 0.215. The molecule has 0 aliphatic carbocycles. The Balaban J connectivity index is 1.73. The number of benzene rings is 3. The number of carbonyl (C=O) groups excluding carboxylic acids is 4. The third-order valence-corrected chi connectivity index (χ3v) is 6.81. The maximum Gasteiger partial charge on any atom is 0.408 e. The van der Waals surface area contributed by atoms with Crippen molar-refractivity contribution in [2.75, 3.05) is 0 Å². The summed E-state index contributed by atoms with van der Waals surface area (Å²) in [4.78, 5) is 51.9. The second-order valence-corrected chi connectivity index (χ2v) is 12.2. The normalized spacial score (nSPS) is 13.2. The fraction of sp³-hybridized carbons (Fsp3) is 0.371. The van der Waals surface area contributed by atoms with E-state index in [0.29, 0.717) is 12.4 Å². The van der Waals surface area contributed by atoms with E-state index < -0.39 is 47.5 Å². The molecule has 0 bridgehead atoms. The molecule has 3 rings (SSSR count). The lowest BCUT2D eigenvalue weighted by atomic mass is 9.99. The first-order valence-electron chi connectivity index (χ1n) is 15.0. The lowest BCUT2D eigenvalue weighted by molar-refractivity contribution is -0.133. The molecule has 4 amide bonds. The molecule has 10 heteroatoms. The summed E-state index contributed by atoms with van der Waals surface area (Å²) in [5.41, 5.74) is 7.42. The zero-order valence-corrected chi connectivity index (χ0v) is 26.5. The molecule has 0 unspecified atom stereocenters. The largest absolute Gasteiger partial charge is 0.489 e. The van der Waals surface area contributed by atoms with Crippen molar-refractivity contribution in [1.82, 2.24) is 16.0 Å². The summed E-state index contributed by atoms with van der Waals surface area (Å²) in [6.45, 7) is 9.11. The van der Waals surface area contributed by atoms with Gasteiger partial charge in [-0.1, -0.05) is 86.6 Å². The van der Waals surface area contributed by atoms with Crippen molar-refractivity contribution < 1.29 is 28.7 Å². The maximum absolute atomic E-state index is 13.6. The van der Waals surface area contributed by atoms with Gasteiger partial charge in [0.15, 0.2) is 0 Å². The highest BCUT2D eigenvalue weighted by Gasteiger charge is 2.32. The molecule has 0 fully saturated rings. The van der Waals surface area contributed by atoms with Crippen molar-refractivity contribution in [2.24, 2.45) is 11.7 Å². The Kier molecular flexibility index (Phi) is 12.5. The zero-order valence-electron chi connectivity index (χ0n) is 26.5. The smallest absolute Gasteiger partial charge is 0.408 e. The summed E-state index contributed by atoms with van der Waals surface area (Å²) in [6.07, 6.45) is -0.448. The second kappa shape index (κ2) is 16.3. The first-order valence-corrected chi connectivity index (χ1v) is 15.0. The number of nitrogens with one attached hydrogen (secondary N) is 3. The minimum atomic E-state index is -1.07. The molecule has 240 valence electrons. The van der Waals surface area contributed by atoms with E-state index in [1.807, 2.05) is 72.8 Å². The summed E-state index contributed by atoms with van der Waals surface area (Å²) in [7, 11) is 0. The number of ether oxygens (including phenoxy) is 2. The monoisotopic (exact) mass is 616 g/mol. The van der Waals surface area contributed by atoms with E-state index in [4.69, 9.17) is 15.2 Å². The first-order chi connectivity index (χ1) is 21.3. The van der Waals surface area contributed by atoms with E-state index in [-0.39, 0.29) is 18.8 Å². The van der Waals surface area contributed by atoms with Crippen molar-refractivity contribution in [3.63, 3.8) is 0 Å². The summed E-state index contributed by atoms with van der Waals surface area (Å²) >= 11 is 0. The van der Waals surface area contributed by atoms with E-state index in [2.05, 4.69) is 16.0 Å². The Bertz CT molecular complexity index is 1410. The molecule has 3 aromatic carbocycles. The lowest BCUT2D eigenvalue weighted by Crippen LogP contribution is -2.58. The fourth-order valence-corrected chi connectivity index (χ4v) is 4.48. The van der Waals surface area contributed by atoms with Crippen LogP contribution in [-0.4, -0.2) is 47.5 Å². The molecule has 10 nitrogen and oxygen atoms in total. The van der Waals surface area contributed by atoms with E-state index in [0.717, 1.165) is 16.7 Å². The van der Waals surface area contributed by atoms with Crippen molar-refractivity contribution in [2.45, 2.75) is 77.8 Å². The molecule has 0 saturated carbocycles. The molecule has 0 radical (unpaired) electrons. The third kappa shape index (κ3) is 12.0. The molecule has 0 spiro atoms. The van der Waals surface area contributed by atoms with Gasteiger partial charge in [0.1, 0.15) is 36.1 Å². The Labute approximate surface area is 265 Å². The minimum Gasteiger partial charge on any atom is -0.489 e. The number of primary amides is 1. The van der Waals surface area contributed by atoms with Gasteiger partial charge >= 0.3 is 6.09 Å². The Morgan fingerprint density at radius 1 is 0.689 bits per heavy atom. The van der Waals surface area contributed by atoms with Gasteiger partial charge in [-0.3, -0.25) is 14.4 Å². The number of carbonyl (C=O) groups is 4. The van der Waals surface area contributed by atoms with Gasteiger partial charge in [-0.25, -0.2) is 4.79 Å². The van der Waals surface area contributed by atoms with Gasteiger partial charge < -0.3 is 31.2 Å². The zero-order chi connectivity index (χ0) is 33.0. The van der Waals surface area contributed by atoms with Crippen LogP contribution < -0.4 is 26.4 Å². The van der Waals surface area contributed by atoms with Crippen molar-refractivity contribution >= 4 is 23.8 Å². The van der Waals surface area contributed by atoms with Crippen LogP contribution in [0.2, 0.25) is 0 Å². The van der Waals surface area contributed by atoms with E-state index in [1.165, 1.54) is 0 Å². The van der Waals surface area contributed by atoms with Crippen molar-refractivity contribution in [3.05, 3.63) is 102 Å². The SMILES string of the molecule is CC(C)[C@@H](NC(=O)[C@@H](Cc1ccc(OCc2ccccc2)cc1)NC(=O)OC(C)(C)C)C(=O)N[C@@H](Cc1ccccc1)C(N)=O. The molecule has 3 atom stereocenters. The summed E-state index contributed by atoms with van der Waals surface area (Å²) in [5, 5.41) is 8.10. The Hall–Kier alpha value is -4.86. The van der Waals surface area contributed by atoms with Crippen LogP contribution in [0.4, 0.5) is 4.79 Å². The molecule has 45 heavy (non-hydrogen) atoms.